The van der Waals surface area contributed by atoms with Crippen LogP contribution in [0, 0.1) is 5.92 Å². The lowest BCUT2D eigenvalue weighted by Gasteiger charge is -2.36. The lowest BCUT2D eigenvalue weighted by atomic mass is 9.96. The summed E-state index contributed by atoms with van der Waals surface area (Å²) in [5, 5.41) is 14.7. The first-order valence-electron chi connectivity index (χ1n) is 18.0. The van der Waals surface area contributed by atoms with E-state index in [1.54, 1.807) is 0 Å². The van der Waals surface area contributed by atoms with E-state index in [4.69, 9.17) is 9.41 Å². The Balaban J connectivity index is 1.23. The quantitative estimate of drug-likeness (QED) is 0.198. The summed E-state index contributed by atoms with van der Waals surface area (Å²) in [6.45, 7) is 0. The van der Waals surface area contributed by atoms with E-state index in [0.717, 1.165) is 74.7 Å². The van der Waals surface area contributed by atoms with Gasteiger partial charge in [0.1, 0.15) is 17.3 Å². The summed E-state index contributed by atoms with van der Waals surface area (Å²) in [7, 11) is 0. The minimum absolute atomic E-state index is 0.00537. The van der Waals surface area contributed by atoms with Crippen molar-refractivity contribution in [1.82, 2.24) is 19.8 Å². The normalized spacial score (nSPS) is 20.6. The van der Waals surface area contributed by atoms with Gasteiger partial charge in [-0.2, -0.15) is 0 Å². The van der Waals surface area contributed by atoms with Gasteiger partial charge >= 0.3 is 0 Å². The fourth-order valence-electron chi connectivity index (χ4n) is 8.64. The number of rotatable bonds is 3. The second-order valence-electron chi connectivity index (χ2n) is 13.9. The van der Waals surface area contributed by atoms with Crippen molar-refractivity contribution in [3.8, 4) is 0 Å². The van der Waals surface area contributed by atoms with Crippen LogP contribution in [0.25, 0.3) is 71.2 Å². The number of aliphatic imine (C=N–C) groups is 1. The summed E-state index contributed by atoms with van der Waals surface area (Å²) in [6.07, 6.45) is 18.6. The molecule has 3 atom stereocenters. The highest BCUT2D eigenvalue weighted by molar-refractivity contribution is 6.32. The molecular weight excluding hydrogens is 627 g/mol. The molecule has 1 aliphatic heterocycles. The summed E-state index contributed by atoms with van der Waals surface area (Å²) in [5.41, 5.74) is 8.77. The molecular formula is C45H35N5O. The first kappa shape index (κ1) is 28.7. The van der Waals surface area contributed by atoms with Crippen LogP contribution in [0.4, 0.5) is 0 Å². The number of nitrogens with one attached hydrogen (secondary N) is 2. The molecule has 5 aromatic carbocycles. The van der Waals surface area contributed by atoms with Crippen molar-refractivity contribution in [2.75, 3.05) is 0 Å². The van der Waals surface area contributed by atoms with Gasteiger partial charge in [-0.25, -0.2) is 4.99 Å². The Morgan fingerprint density at radius 3 is 2.31 bits per heavy atom. The highest BCUT2D eigenvalue weighted by Gasteiger charge is 2.31. The fraction of sp³-hybridized carbons (Fsp3) is 0.133. The van der Waals surface area contributed by atoms with Crippen LogP contribution in [0.2, 0.25) is 0 Å². The van der Waals surface area contributed by atoms with E-state index in [1.807, 2.05) is 6.07 Å². The van der Waals surface area contributed by atoms with Crippen LogP contribution < -0.4 is 10.6 Å². The summed E-state index contributed by atoms with van der Waals surface area (Å²) >= 11 is 0. The molecule has 0 amide bonds. The number of para-hydroxylation sites is 2. The number of furan rings is 1. The zero-order valence-corrected chi connectivity index (χ0v) is 28.0. The second-order valence-corrected chi connectivity index (χ2v) is 13.9. The largest absolute Gasteiger partial charge is 0.455 e. The first-order chi connectivity index (χ1) is 25.3. The van der Waals surface area contributed by atoms with Crippen LogP contribution >= 0.6 is 0 Å². The Morgan fingerprint density at radius 1 is 0.667 bits per heavy atom. The van der Waals surface area contributed by atoms with Crippen molar-refractivity contribution >= 4 is 77.2 Å². The molecule has 51 heavy (non-hydrogen) atoms. The van der Waals surface area contributed by atoms with E-state index in [-0.39, 0.29) is 18.2 Å². The molecule has 3 aliphatic rings. The van der Waals surface area contributed by atoms with Gasteiger partial charge in [0.25, 0.3) is 0 Å². The van der Waals surface area contributed by atoms with Crippen LogP contribution in [0.3, 0.4) is 0 Å². The monoisotopic (exact) mass is 661 g/mol. The van der Waals surface area contributed by atoms with E-state index in [1.165, 1.54) is 27.4 Å². The first-order valence-corrected chi connectivity index (χ1v) is 18.0. The van der Waals surface area contributed by atoms with E-state index >= 15 is 0 Å². The standard InChI is InChI=1S/C45H35N5O/c1-4-14-28(15-5-1)43-46-44(29-16-6-2-7-17-29)48-45(47-43)50-35-22-12-10-21-33(35)39-36(50)27-25-34-40-37(49(41(34)39)30-18-8-3-9-19-30)26-24-32-31-20-11-13-23-38(31)51-42(32)40/h1-2,4-8,10-16,18-27,29,43-44,46H,3,9,17H2,(H,47,48). The number of hydrogen-bond acceptors (Lipinski definition) is 4. The number of aromatic nitrogens is 2. The number of nitrogens with zero attached hydrogens (tertiary/aromatic N) is 3. The lowest BCUT2D eigenvalue weighted by Crippen LogP contribution is -2.56. The third-order valence-electron chi connectivity index (χ3n) is 10.9. The predicted octanol–water partition coefficient (Wildman–Crippen LogP) is 10.5. The molecule has 4 heterocycles. The molecule has 0 spiro atoms. The maximum Gasteiger partial charge on any atom is 0.206 e. The third-order valence-corrected chi connectivity index (χ3v) is 10.9. The van der Waals surface area contributed by atoms with Gasteiger partial charge in [0, 0.05) is 38.5 Å². The van der Waals surface area contributed by atoms with E-state index < -0.39 is 0 Å². The highest BCUT2D eigenvalue weighted by atomic mass is 16.3. The Hall–Kier alpha value is -6.11. The fourth-order valence-corrected chi connectivity index (χ4v) is 8.64. The number of hydrogen-bond donors (Lipinski definition) is 2. The molecule has 0 saturated carbocycles. The third kappa shape index (κ3) is 4.30. The van der Waals surface area contributed by atoms with Gasteiger partial charge in [-0.15, -0.1) is 0 Å². The van der Waals surface area contributed by atoms with E-state index in [9.17, 15) is 0 Å². The maximum atomic E-state index is 6.70. The molecule has 8 aromatic rings. The summed E-state index contributed by atoms with van der Waals surface area (Å²) in [6, 6.07) is 36.8. The lowest BCUT2D eigenvalue weighted by molar-refractivity contribution is 0.324. The Bertz CT molecular complexity index is 2860. The predicted molar refractivity (Wildman–Crippen MR) is 211 cm³/mol. The Labute approximate surface area is 294 Å². The van der Waals surface area contributed by atoms with Crippen LogP contribution in [0.5, 0.6) is 0 Å². The Morgan fingerprint density at radius 2 is 1.47 bits per heavy atom. The van der Waals surface area contributed by atoms with Crippen molar-refractivity contribution in [2.45, 2.75) is 31.6 Å². The molecule has 6 heteroatoms. The molecule has 2 aliphatic carbocycles. The van der Waals surface area contributed by atoms with Gasteiger partial charge in [0.15, 0.2) is 0 Å². The van der Waals surface area contributed by atoms with Crippen molar-refractivity contribution in [3.63, 3.8) is 0 Å². The highest BCUT2D eigenvalue weighted by Crippen LogP contribution is 2.45. The number of benzene rings is 5. The SMILES string of the molecule is C1=CCC(C2NC(n3c4ccccc4c4c3ccc3c5c6oc7ccccc7c6ccc5n(C5=CCCC=C5)c34)=NC(c3ccccc3)N2)C=C1. The molecule has 0 saturated heterocycles. The van der Waals surface area contributed by atoms with Crippen LogP contribution in [-0.4, -0.2) is 21.3 Å². The molecule has 6 nitrogen and oxygen atoms in total. The number of allylic oxidation sites excluding steroid dienone is 7. The van der Waals surface area contributed by atoms with Crippen LogP contribution in [0.1, 0.15) is 31.0 Å². The maximum absolute atomic E-state index is 6.70. The van der Waals surface area contributed by atoms with Crippen LogP contribution in [-0.2, 0) is 0 Å². The van der Waals surface area contributed by atoms with Gasteiger partial charge in [-0.3, -0.25) is 9.88 Å². The molecule has 0 fully saturated rings. The molecule has 3 aromatic heterocycles. The van der Waals surface area contributed by atoms with E-state index in [0.29, 0.717) is 0 Å². The van der Waals surface area contributed by atoms with Gasteiger partial charge in [0.2, 0.25) is 5.96 Å². The average Bonchev–Trinajstić information content (AvgIpc) is 3.86. The number of fused-ring (bicyclic) bond motifs is 11. The molecule has 2 N–H and O–H groups in total. The molecule has 0 bridgehead atoms. The van der Waals surface area contributed by atoms with Crippen molar-refractivity contribution < 1.29 is 4.42 Å². The average molecular weight is 662 g/mol. The molecule has 0 radical (unpaired) electrons. The van der Waals surface area contributed by atoms with E-state index in [2.05, 4.69) is 159 Å². The van der Waals surface area contributed by atoms with Gasteiger partial charge in [0.05, 0.1) is 33.6 Å². The van der Waals surface area contributed by atoms with Crippen LogP contribution in [0.15, 0.2) is 155 Å². The minimum atomic E-state index is -0.197. The zero-order chi connectivity index (χ0) is 33.5. The van der Waals surface area contributed by atoms with Crippen molar-refractivity contribution in [3.05, 3.63) is 151 Å². The second kappa shape index (κ2) is 11.2. The minimum Gasteiger partial charge on any atom is -0.455 e. The van der Waals surface area contributed by atoms with Crippen molar-refractivity contribution in [2.24, 2.45) is 10.9 Å². The molecule has 3 unspecified atom stereocenters. The van der Waals surface area contributed by atoms with Gasteiger partial charge < -0.3 is 14.3 Å². The topological polar surface area (TPSA) is 59.4 Å². The summed E-state index contributed by atoms with van der Waals surface area (Å²) in [4.78, 5) is 5.41. The Kier molecular flexibility index (Phi) is 6.31. The molecule has 11 rings (SSSR count). The summed E-state index contributed by atoms with van der Waals surface area (Å²) in [5.74, 6) is 1.13. The van der Waals surface area contributed by atoms with Gasteiger partial charge in [-0.05, 0) is 67.3 Å². The smallest absolute Gasteiger partial charge is 0.206 e. The summed E-state index contributed by atoms with van der Waals surface area (Å²) < 4.78 is 11.5. The molecule has 246 valence electrons. The van der Waals surface area contributed by atoms with Crippen molar-refractivity contribution in [1.29, 1.82) is 0 Å². The van der Waals surface area contributed by atoms with Gasteiger partial charge in [-0.1, -0.05) is 103 Å². The zero-order valence-electron chi connectivity index (χ0n) is 28.0.